The predicted molar refractivity (Wildman–Crippen MR) is 112 cm³/mol. The van der Waals surface area contributed by atoms with E-state index in [9.17, 15) is 4.79 Å². The van der Waals surface area contributed by atoms with Crippen LogP contribution in [0.2, 0.25) is 0 Å². The molecule has 2 fully saturated rings. The van der Waals surface area contributed by atoms with Gasteiger partial charge in [-0.3, -0.25) is 4.79 Å². The number of rotatable bonds is 6. The average molecular weight is 371 g/mol. The Kier molecular flexibility index (Phi) is 7.00. The van der Waals surface area contributed by atoms with Crippen LogP contribution in [0.4, 0.5) is 0 Å². The van der Waals surface area contributed by atoms with Gasteiger partial charge >= 0.3 is 5.97 Å². The van der Waals surface area contributed by atoms with Crippen molar-refractivity contribution in [3.05, 3.63) is 34.4 Å². The Morgan fingerprint density at radius 2 is 1.52 bits per heavy atom. The van der Waals surface area contributed by atoms with E-state index in [2.05, 4.69) is 32.9 Å². The Balaban J connectivity index is 1.37. The van der Waals surface area contributed by atoms with E-state index in [1.807, 2.05) is 6.92 Å². The molecular weight excluding hydrogens is 332 g/mol. The first kappa shape index (κ1) is 20.4. The van der Waals surface area contributed by atoms with E-state index < -0.39 is 0 Å². The summed E-state index contributed by atoms with van der Waals surface area (Å²) < 4.78 is 5.59. The van der Waals surface area contributed by atoms with Crippen LogP contribution in [-0.2, 0) is 16.0 Å². The Labute approximate surface area is 166 Å². The summed E-state index contributed by atoms with van der Waals surface area (Å²) >= 11 is 0. The largest absolute Gasteiger partial charge is 0.462 e. The first-order chi connectivity index (χ1) is 12.9. The monoisotopic (exact) mass is 370 g/mol. The zero-order valence-corrected chi connectivity index (χ0v) is 17.9. The Bertz CT molecular complexity index is 640. The van der Waals surface area contributed by atoms with Crippen LogP contribution in [0.25, 0.3) is 0 Å². The van der Waals surface area contributed by atoms with Crippen molar-refractivity contribution in [1.29, 1.82) is 0 Å². The van der Waals surface area contributed by atoms with Gasteiger partial charge in [0, 0.05) is 0 Å². The van der Waals surface area contributed by atoms with Gasteiger partial charge in [-0.05, 0) is 93.4 Å². The van der Waals surface area contributed by atoms with Crippen molar-refractivity contribution in [2.24, 2.45) is 17.8 Å². The second kappa shape index (κ2) is 9.26. The van der Waals surface area contributed by atoms with Crippen LogP contribution in [0.5, 0.6) is 0 Å². The lowest BCUT2D eigenvalue weighted by Crippen LogP contribution is -2.30. The average Bonchev–Trinajstić information content (AvgIpc) is 2.67. The molecule has 1 saturated heterocycles. The van der Waals surface area contributed by atoms with E-state index >= 15 is 0 Å². The zero-order valence-electron chi connectivity index (χ0n) is 17.9. The van der Waals surface area contributed by atoms with Crippen LogP contribution in [0.1, 0.15) is 87.0 Å². The van der Waals surface area contributed by atoms with Gasteiger partial charge in [-0.15, -0.1) is 0 Å². The molecule has 2 heteroatoms. The van der Waals surface area contributed by atoms with Crippen LogP contribution in [0.15, 0.2) is 12.1 Å². The summed E-state index contributed by atoms with van der Waals surface area (Å²) in [6.07, 6.45) is 12.7. The summed E-state index contributed by atoms with van der Waals surface area (Å²) in [4.78, 5) is 11.7. The number of ether oxygens (including phenoxy) is 1. The summed E-state index contributed by atoms with van der Waals surface area (Å²) in [5, 5.41) is 0. The SMILES string of the molecule is Cc1ccc(CCC2CCC(CCC3CCC(C)C(=O)O3)CC2)c(C)c1C. The van der Waals surface area contributed by atoms with Gasteiger partial charge in [0.1, 0.15) is 6.10 Å². The van der Waals surface area contributed by atoms with Gasteiger partial charge in [0.2, 0.25) is 0 Å². The molecule has 3 rings (SSSR count). The van der Waals surface area contributed by atoms with Gasteiger partial charge in [-0.1, -0.05) is 44.7 Å². The lowest BCUT2D eigenvalue weighted by atomic mass is 9.77. The number of hydrogen-bond donors (Lipinski definition) is 0. The standard InChI is InChI=1S/C25H38O2/c1-17-5-13-23(20(4)19(17)3)14-11-21-7-9-22(10-8-21)12-16-24-15-6-18(2)25(26)27-24/h5,13,18,21-22,24H,6-12,14-16H2,1-4H3. The minimum atomic E-state index is 0.0246. The molecule has 2 nitrogen and oxygen atoms in total. The quantitative estimate of drug-likeness (QED) is 0.536. The maximum Gasteiger partial charge on any atom is 0.308 e. The Morgan fingerprint density at radius 3 is 2.19 bits per heavy atom. The molecule has 0 aromatic heterocycles. The van der Waals surface area contributed by atoms with Crippen molar-refractivity contribution in [2.45, 2.75) is 98.0 Å². The number of hydrogen-bond acceptors (Lipinski definition) is 2. The number of esters is 1. The number of carbonyl (C=O) groups is 1. The lowest BCUT2D eigenvalue weighted by molar-refractivity contribution is -0.160. The molecule has 0 N–H and O–H groups in total. The molecule has 0 amide bonds. The molecule has 1 aromatic rings. The number of benzene rings is 1. The first-order valence-electron chi connectivity index (χ1n) is 11.2. The summed E-state index contributed by atoms with van der Waals surface area (Å²) in [5.41, 5.74) is 5.93. The van der Waals surface area contributed by atoms with Crippen molar-refractivity contribution in [2.75, 3.05) is 0 Å². The second-order valence-corrected chi connectivity index (χ2v) is 9.33. The summed E-state index contributed by atoms with van der Waals surface area (Å²) in [6, 6.07) is 4.63. The van der Waals surface area contributed by atoms with Crippen LogP contribution >= 0.6 is 0 Å². The van der Waals surface area contributed by atoms with E-state index in [1.165, 1.54) is 61.6 Å². The predicted octanol–water partition coefficient (Wildman–Crippen LogP) is 6.47. The molecular formula is C25H38O2. The van der Waals surface area contributed by atoms with Gasteiger partial charge in [0.15, 0.2) is 0 Å². The Morgan fingerprint density at radius 1 is 0.852 bits per heavy atom. The molecule has 1 heterocycles. The topological polar surface area (TPSA) is 26.3 Å². The van der Waals surface area contributed by atoms with Crippen molar-refractivity contribution < 1.29 is 9.53 Å². The minimum Gasteiger partial charge on any atom is -0.462 e. The highest BCUT2D eigenvalue weighted by Gasteiger charge is 2.28. The molecule has 2 aliphatic rings. The molecule has 27 heavy (non-hydrogen) atoms. The lowest BCUT2D eigenvalue weighted by Gasteiger charge is -2.31. The second-order valence-electron chi connectivity index (χ2n) is 9.33. The summed E-state index contributed by atoms with van der Waals surface area (Å²) in [6.45, 7) is 8.73. The molecule has 1 saturated carbocycles. The van der Waals surface area contributed by atoms with Crippen LogP contribution in [0, 0.1) is 38.5 Å². The van der Waals surface area contributed by atoms with Crippen molar-refractivity contribution in [3.63, 3.8) is 0 Å². The highest BCUT2D eigenvalue weighted by molar-refractivity contribution is 5.72. The van der Waals surface area contributed by atoms with Crippen molar-refractivity contribution in [3.8, 4) is 0 Å². The Hall–Kier alpha value is -1.31. The zero-order chi connectivity index (χ0) is 19.4. The highest BCUT2D eigenvalue weighted by atomic mass is 16.5. The van der Waals surface area contributed by atoms with Gasteiger partial charge in [0.05, 0.1) is 5.92 Å². The fraction of sp³-hybridized carbons (Fsp3) is 0.720. The fourth-order valence-electron chi connectivity index (χ4n) is 4.97. The molecule has 0 bridgehead atoms. The van der Waals surface area contributed by atoms with Crippen LogP contribution < -0.4 is 0 Å². The van der Waals surface area contributed by atoms with Gasteiger partial charge in [-0.25, -0.2) is 0 Å². The summed E-state index contributed by atoms with van der Waals surface area (Å²) in [7, 11) is 0. The van der Waals surface area contributed by atoms with E-state index in [-0.39, 0.29) is 18.0 Å². The van der Waals surface area contributed by atoms with Crippen LogP contribution in [-0.4, -0.2) is 12.1 Å². The molecule has 2 unspecified atom stereocenters. The third-order valence-corrected chi connectivity index (χ3v) is 7.46. The third kappa shape index (κ3) is 5.36. The molecule has 1 aromatic carbocycles. The molecule has 0 radical (unpaired) electrons. The third-order valence-electron chi connectivity index (χ3n) is 7.46. The maximum atomic E-state index is 11.7. The molecule has 2 atom stereocenters. The number of cyclic esters (lactones) is 1. The van der Waals surface area contributed by atoms with E-state index in [4.69, 9.17) is 4.74 Å². The summed E-state index contributed by atoms with van der Waals surface area (Å²) in [5.74, 6) is 1.88. The molecule has 150 valence electrons. The number of carbonyl (C=O) groups excluding carboxylic acids is 1. The van der Waals surface area contributed by atoms with Crippen molar-refractivity contribution in [1.82, 2.24) is 0 Å². The fourth-order valence-corrected chi connectivity index (χ4v) is 4.97. The van der Waals surface area contributed by atoms with Crippen molar-refractivity contribution >= 4 is 5.97 Å². The van der Waals surface area contributed by atoms with Gasteiger partial charge < -0.3 is 4.74 Å². The maximum absolute atomic E-state index is 11.7. The normalized spacial score (nSPS) is 28.8. The molecule has 1 aliphatic carbocycles. The minimum absolute atomic E-state index is 0.0246. The van der Waals surface area contributed by atoms with E-state index in [0.29, 0.717) is 0 Å². The first-order valence-corrected chi connectivity index (χ1v) is 11.2. The highest BCUT2D eigenvalue weighted by Crippen LogP contribution is 2.35. The molecule has 1 aliphatic heterocycles. The van der Waals surface area contributed by atoms with Gasteiger partial charge in [-0.2, -0.15) is 0 Å². The van der Waals surface area contributed by atoms with Crippen LogP contribution in [0.3, 0.4) is 0 Å². The van der Waals surface area contributed by atoms with E-state index in [0.717, 1.165) is 31.1 Å². The smallest absolute Gasteiger partial charge is 0.308 e. The van der Waals surface area contributed by atoms with Gasteiger partial charge in [0.25, 0.3) is 0 Å². The molecule has 0 spiro atoms. The number of aryl methyl sites for hydroxylation is 2. The van der Waals surface area contributed by atoms with E-state index in [1.54, 1.807) is 5.56 Å².